The molecule has 0 saturated heterocycles. The van der Waals surface area contributed by atoms with E-state index in [1.54, 1.807) is 23.3 Å². The lowest BCUT2D eigenvalue weighted by molar-refractivity contribution is -0.130. The summed E-state index contributed by atoms with van der Waals surface area (Å²) >= 11 is 1.67. The van der Waals surface area contributed by atoms with Crippen LogP contribution in [0.4, 0.5) is 0 Å². The molecular weight excluding hydrogens is 208 g/mol. The van der Waals surface area contributed by atoms with E-state index in [1.807, 2.05) is 26.0 Å². The lowest BCUT2D eigenvalue weighted by atomic mass is 10.2. The number of likely N-dealkylation sites (N-methyl/N-ethyl adjacent to an activating group) is 1. The molecule has 15 heavy (non-hydrogen) atoms. The number of carbonyl (C=O) groups is 1. The maximum absolute atomic E-state index is 11.8. The first-order valence-corrected chi connectivity index (χ1v) is 5.87. The molecule has 1 aromatic rings. The molecule has 1 heterocycles. The van der Waals surface area contributed by atoms with Crippen molar-refractivity contribution < 1.29 is 4.79 Å². The lowest BCUT2D eigenvalue weighted by Crippen LogP contribution is -2.40. The van der Waals surface area contributed by atoms with E-state index in [-0.39, 0.29) is 11.9 Å². The van der Waals surface area contributed by atoms with Crippen molar-refractivity contribution in [2.75, 3.05) is 13.6 Å². The minimum atomic E-state index is 0.110. The summed E-state index contributed by atoms with van der Waals surface area (Å²) in [5.74, 6) is 0.134. The highest BCUT2D eigenvalue weighted by Gasteiger charge is 2.15. The second-order valence-corrected chi connectivity index (χ2v) is 5.15. The van der Waals surface area contributed by atoms with Crippen molar-refractivity contribution in [2.24, 2.45) is 5.73 Å². The second-order valence-electron chi connectivity index (χ2n) is 3.78. The molecular formula is C11H18N2OS. The first kappa shape index (κ1) is 12.2. The van der Waals surface area contributed by atoms with Crippen molar-refractivity contribution in [3.05, 3.63) is 21.9 Å². The van der Waals surface area contributed by atoms with Crippen molar-refractivity contribution in [1.82, 2.24) is 4.90 Å². The third-order valence-corrected chi connectivity index (χ3v) is 3.52. The van der Waals surface area contributed by atoms with Gasteiger partial charge in [0.15, 0.2) is 0 Å². The molecule has 0 aliphatic carbocycles. The topological polar surface area (TPSA) is 46.3 Å². The smallest absolute Gasteiger partial charge is 0.227 e. The van der Waals surface area contributed by atoms with Gasteiger partial charge >= 0.3 is 0 Å². The van der Waals surface area contributed by atoms with Gasteiger partial charge in [0, 0.05) is 29.4 Å². The van der Waals surface area contributed by atoms with Crippen LogP contribution in [0.15, 0.2) is 12.1 Å². The van der Waals surface area contributed by atoms with Crippen LogP contribution in [0.5, 0.6) is 0 Å². The number of nitrogens with zero attached hydrogens (tertiary/aromatic N) is 1. The zero-order valence-electron chi connectivity index (χ0n) is 9.49. The molecule has 0 spiro atoms. The van der Waals surface area contributed by atoms with Gasteiger partial charge in [0.2, 0.25) is 5.91 Å². The van der Waals surface area contributed by atoms with Gasteiger partial charge in [0.25, 0.3) is 0 Å². The molecule has 84 valence electrons. The molecule has 1 aromatic heterocycles. The van der Waals surface area contributed by atoms with E-state index < -0.39 is 0 Å². The Morgan fingerprint density at radius 2 is 2.27 bits per heavy atom. The Hall–Kier alpha value is -0.870. The zero-order valence-corrected chi connectivity index (χ0v) is 10.3. The monoisotopic (exact) mass is 226 g/mol. The van der Waals surface area contributed by atoms with Crippen molar-refractivity contribution in [3.8, 4) is 0 Å². The van der Waals surface area contributed by atoms with Gasteiger partial charge < -0.3 is 10.6 Å². The minimum Gasteiger partial charge on any atom is -0.341 e. The molecule has 0 aliphatic rings. The largest absolute Gasteiger partial charge is 0.341 e. The SMILES string of the molecule is Cc1ccc(CC(=O)N(C)C(C)CN)s1. The number of hydrogen-bond acceptors (Lipinski definition) is 3. The van der Waals surface area contributed by atoms with Crippen LogP contribution in [0.3, 0.4) is 0 Å². The summed E-state index contributed by atoms with van der Waals surface area (Å²) in [6.07, 6.45) is 0.485. The minimum absolute atomic E-state index is 0.110. The van der Waals surface area contributed by atoms with Crippen LogP contribution in [0.1, 0.15) is 16.7 Å². The Morgan fingerprint density at radius 1 is 1.60 bits per heavy atom. The third-order valence-electron chi connectivity index (χ3n) is 2.52. The van der Waals surface area contributed by atoms with Crippen molar-refractivity contribution >= 4 is 17.2 Å². The van der Waals surface area contributed by atoms with E-state index in [1.165, 1.54) is 4.88 Å². The van der Waals surface area contributed by atoms with Gasteiger partial charge in [-0.1, -0.05) is 0 Å². The van der Waals surface area contributed by atoms with Gasteiger partial charge in [0.05, 0.1) is 6.42 Å². The average Bonchev–Trinajstić information content (AvgIpc) is 2.61. The van der Waals surface area contributed by atoms with Gasteiger partial charge in [0.1, 0.15) is 0 Å². The third kappa shape index (κ3) is 3.32. The van der Waals surface area contributed by atoms with Gasteiger partial charge in [-0.15, -0.1) is 11.3 Å². The fourth-order valence-electron chi connectivity index (χ4n) is 1.26. The van der Waals surface area contributed by atoms with Crippen molar-refractivity contribution in [2.45, 2.75) is 26.3 Å². The fourth-order valence-corrected chi connectivity index (χ4v) is 2.14. The number of hydrogen-bond donors (Lipinski definition) is 1. The Balaban J connectivity index is 2.55. The fraction of sp³-hybridized carbons (Fsp3) is 0.545. The molecule has 0 saturated carbocycles. The summed E-state index contributed by atoms with van der Waals surface area (Å²) in [6, 6.07) is 4.16. The summed E-state index contributed by atoms with van der Waals surface area (Å²) in [5, 5.41) is 0. The number of carbonyl (C=O) groups excluding carboxylic acids is 1. The maximum atomic E-state index is 11.8. The summed E-state index contributed by atoms with van der Waals surface area (Å²) in [5.41, 5.74) is 5.52. The van der Waals surface area contributed by atoms with Gasteiger partial charge in [-0.25, -0.2) is 0 Å². The van der Waals surface area contributed by atoms with E-state index >= 15 is 0 Å². The molecule has 1 unspecified atom stereocenters. The van der Waals surface area contributed by atoms with Crippen LogP contribution in [0, 0.1) is 6.92 Å². The average molecular weight is 226 g/mol. The van der Waals surface area contributed by atoms with E-state index in [4.69, 9.17) is 5.73 Å². The number of thiophene rings is 1. The summed E-state index contributed by atoms with van der Waals surface area (Å²) in [4.78, 5) is 15.9. The molecule has 0 bridgehead atoms. The van der Waals surface area contributed by atoms with Crippen LogP contribution in [0.25, 0.3) is 0 Å². The van der Waals surface area contributed by atoms with Gasteiger partial charge in [-0.05, 0) is 26.0 Å². The number of nitrogens with two attached hydrogens (primary N) is 1. The van der Waals surface area contributed by atoms with Crippen LogP contribution in [-0.4, -0.2) is 30.4 Å². The summed E-state index contributed by atoms with van der Waals surface area (Å²) < 4.78 is 0. The summed E-state index contributed by atoms with van der Waals surface area (Å²) in [6.45, 7) is 4.51. The second kappa shape index (κ2) is 5.28. The normalized spacial score (nSPS) is 12.5. The summed E-state index contributed by atoms with van der Waals surface area (Å²) in [7, 11) is 1.81. The highest BCUT2D eigenvalue weighted by atomic mass is 32.1. The number of amides is 1. The number of rotatable bonds is 4. The van der Waals surface area contributed by atoms with E-state index in [0.29, 0.717) is 13.0 Å². The van der Waals surface area contributed by atoms with E-state index in [2.05, 4.69) is 0 Å². The molecule has 1 amide bonds. The van der Waals surface area contributed by atoms with Crippen LogP contribution >= 0.6 is 11.3 Å². The van der Waals surface area contributed by atoms with E-state index in [9.17, 15) is 4.79 Å². The van der Waals surface area contributed by atoms with E-state index in [0.717, 1.165) is 4.88 Å². The lowest BCUT2D eigenvalue weighted by Gasteiger charge is -2.23. The Kier molecular flexibility index (Phi) is 4.29. The maximum Gasteiger partial charge on any atom is 0.227 e. The first-order valence-electron chi connectivity index (χ1n) is 5.05. The molecule has 0 aromatic carbocycles. The standard InChI is InChI=1S/C11H18N2OS/c1-8(7-12)13(3)11(14)6-10-5-4-9(2)15-10/h4-5,8H,6-7,12H2,1-3H3. The molecule has 3 nitrogen and oxygen atoms in total. The quantitative estimate of drug-likeness (QED) is 0.843. The highest BCUT2D eigenvalue weighted by Crippen LogP contribution is 2.16. The molecule has 0 fully saturated rings. The van der Waals surface area contributed by atoms with Crippen LogP contribution < -0.4 is 5.73 Å². The predicted molar refractivity (Wildman–Crippen MR) is 64.0 cm³/mol. The number of aryl methyl sites for hydroxylation is 1. The molecule has 4 heteroatoms. The van der Waals surface area contributed by atoms with Crippen molar-refractivity contribution in [1.29, 1.82) is 0 Å². The van der Waals surface area contributed by atoms with Crippen LogP contribution in [-0.2, 0) is 11.2 Å². The molecule has 0 radical (unpaired) electrons. The molecule has 1 rings (SSSR count). The molecule has 1 atom stereocenters. The molecule has 0 aliphatic heterocycles. The Bertz CT molecular complexity index is 335. The molecule has 2 N–H and O–H groups in total. The van der Waals surface area contributed by atoms with Crippen molar-refractivity contribution in [3.63, 3.8) is 0 Å². The van der Waals surface area contributed by atoms with Gasteiger partial charge in [-0.3, -0.25) is 4.79 Å². The Morgan fingerprint density at radius 3 is 2.73 bits per heavy atom. The van der Waals surface area contributed by atoms with Crippen LogP contribution in [0.2, 0.25) is 0 Å². The predicted octanol–water partition coefficient (Wildman–Crippen LogP) is 1.40. The highest BCUT2D eigenvalue weighted by molar-refractivity contribution is 7.12. The Labute approximate surface area is 94.9 Å². The zero-order chi connectivity index (χ0) is 11.4. The first-order chi connectivity index (χ1) is 7.04. The van der Waals surface area contributed by atoms with Gasteiger partial charge in [-0.2, -0.15) is 0 Å².